The molecule has 7 nitrogen and oxygen atoms in total. The van der Waals surface area contributed by atoms with Crippen LogP contribution in [0.2, 0.25) is 5.02 Å². The summed E-state index contributed by atoms with van der Waals surface area (Å²) in [6.45, 7) is 0. The van der Waals surface area contributed by atoms with Gasteiger partial charge in [-0.25, -0.2) is 8.42 Å². The van der Waals surface area contributed by atoms with Gasteiger partial charge in [-0.15, -0.1) is 0 Å². The molecule has 0 bridgehead atoms. The van der Waals surface area contributed by atoms with Crippen molar-refractivity contribution in [3.05, 3.63) is 70.5 Å². The minimum absolute atomic E-state index is 0.0440. The number of carbonyl (C=O) groups excluding carboxylic acids is 2. The molecule has 2 aromatic rings. The number of rotatable bonds is 3. The monoisotopic (exact) mass is 432 g/mol. The summed E-state index contributed by atoms with van der Waals surface area (Å²) in [6, 6.07) is 8.01. The summed E-state index contributed by atoms with van der Waals surface area (Å²) >= 11 is 5.90. The molecule has 1 N–H and O–H groups in total. The van der Waals surface area contributed by atoms with Crippen molar-refractivity contribution in [1.82, 2.24) is 9.88 Å². The fourth-order valence-corrected chi connectivity index (χ4v) is 5.69. The van der Waals surface area contributed by atoms with Crippen LogP contribution < -0.4 is 0 Å². The summed E-state index contributed by atoms with van der Waals surface area (Å²) in [5.41, 5.74) is 0.765. The van der Waals surface area contributed by atoms with Crippen LogP contribution in [0.15, 0.2) is 54.4 Å². The van der Waals surface area contributed by atoms with Gasteiger partial charge in [0.2, 0.25) is 0 Å². The summed E-state index contributed by atoms with van der Waals surface area (Å²) < 4.78 is 24.0. The highest BCUT2D eigenvalue weighted by Gasteiger charge is 2.51. The van der Waals surface area contributed by atoms with Gasteiger partial charge in [0.05, 0.1) is 23.1 Å². The second-order valence-corrected chi connectivity index (χ2v) is 9.72. The third-order valence-corrected chi connectivity index (χ3v) is 7.20. The lowest BCUT2D eigenvalue weighted by Crippen LogP contribution is -2.40. The summed E-state index contributed by atoms with van der Waals surface area (Å²) in [5, 5.41) is 11.4. The van der Waals surface area contributed by atoms with Gasteiger partial charge >= 0.3 is 0 Å². The van der Waals surface area contributed by atoms with Crippen LogP contribution in [0.4, 0.5) is 0 Å². The summed E-state index contributed by atoms with van der Waals surface area (Å²) in [7, 11) is -3.29. The third-order valence-electron chi connectivity index (χ3n) is 5.20. The molecule has 150 valence electrons. The number of ketones is 1. The van der Waals surface area contributed by atoms with E-state index < -0.39 is 33.6 Å². The Morgan fingerprint density at radius 2 is 1.90 bits per heavy atom. The molecule has 0 aliphatic carbocycles. The van der Waals surface area contributed by atoms with Crippen LogP contribution in [-0.2, 0) is 19.4 Å². The minimum Gasteiger partial charge on any atom is -0.507 e. The van der Waals surface area contributed by atoms with E-state index in [1.165, 1.54) is 11.1 Å². The molecule has 2 aliphatic rings. The van der Waals surface area contributed by atoms with Crippen molar-refractivity contribution in [3.8, 4) is 0 Å². The first kappa shape index (κ1) is 19.6. The summed E-state index contributed by atoms with van der Waals surface area (Å²) in [4.78, 5) is 31.1. The zero-order valence-corrected chi connectivity index (χ0v) is 16.7. The molecule has 9 heteroatoms. The fourth-order valence-electron chi connectivity index (χ4n) is 3.85. The maximum Gasteiger partial charge on any atom is 0.295 e. The molecule has 2 saturated heterocycles. The molecule has 4 rings (SSSR count). The van der Waals surface area contributed by atoms with Gasteiger partial charge in [0.1, 0.15) is 5.76 Å². The lowest BCUT2D eigenvalue weighted by atomic mass is 9.96. The number of aliphatic hydroxyl groups is 1. The molecule has 3 heterocycles. The first-order valence-corrected chi connectivity index (χ1v) is 11.1. The Morgan fingerprint density at radius 3 is 2.48 bits per heavy atom. The SMILES string of the molecule is O=C1C(=O)N([C@@H]2CCS(=O)(=O)C2)[C@H](c2cccnc2)C1=C(O)c1ccc(Cl)cc1. The first-order valence-electron chi connectivity index (χ1n) is 8.95. The lowest BCUT2D eigenvalue weighted by Gasteiger charge is -2.29. The molecular formula is C20H17ClN2O5S. The lowest BCUT2D eigenvalue weighted by molar-refractivity contribution is -0.141. The van der Waals surface area contributed by atoms with Crippen molar-refractivity contribution < 1.29 is 23.1 Å². The molecule has 1 aromatic heterocycles. The largest absolute Gasteiger partial charge is 0.507 e. The second-order valence-electron chi connectivity index (χ2n) is 7.06. The zero-order valence-electron chi connectivity index (χ0n) is 15.2. The Bertz CT molecular complexity index is 1110. The van der Waals surface area contributed by atoms with Crippen LogP contribution >= 0.6 is 11.6 Å². The summed E-state index contributed by atoms with van der Waals surface area (Å²) in [6.07, 6.45) is 3.30. The van der Waals surface area contributed by atoms with Crippen LogP contribution in [0.1, 0.15) is 23.6 Å². The normalized spacial score (nSPS) is 25.5. The van der Waals surface area contributed by atoms with E-state index in [9.17, 15) is 23.1 Å². The van der Waals surface area contributed by atoms with Crippen molar-refractivity contribution >= 4 is 38.9 Å². The number of Topliss-reactive ketones (excluding diaryl/α,β-unsaturated/α-hetero) is 1. The van der Waals surface area contributed by atoms with Gasteiger partial charge in [-0.05, 0) is 42.3 Å². The van der Waals surface area contributed by atoms with Gasteiger partial charge in [-0.3, -0.25) is 14.6 Å². The van der Waals surface area contributed by atoms with Crippen LogP contribution in [-0.4, -0.2) is 52.6 Å². The van der Waals surface area contributed by atoms with E-state index in [0.717, 1.165) is 0 Å². The van der Waals surface area contributed by atoms with Gasteiger partial charge in [0, 0.05) is 29.0 Å². The van der Waals surface area contributed by atoms with E-state index in [-0.39, 0.29) is 29.3 Å². The molecular weight excluding hydrogens is 416 g/mol. The maximum absolute atomic E-state index is 12.9. The number of hydrogen-bond acceptors (Lipinski definition) is 6. The predicted octanol–water partition coefficient (Wildman–Crippen LogP) is 2.34. The Morgan fingerprint density at radius 1 is 1.17 bits per heavy atom. The molecule has 0 unspecified atom stereocenters. The topological polar surface area (TPSA) is 105 Å². The average molecular weight is 433 g/mol. The number of amides is 1. The highest BCUT2D eigenvalue weighted by Crippen LogP contribution is 2.42. The Balaban J connectivity index is 1.88. The number of halogens is 1. The number of benzene rings is 1. The number of pyridine rings is 1. The maximum atomic E-state index is 12.9. The number of carbonyl (C=O) groups is 2. The average Bonchev–Trinajstić information content (AvgIpc) is 3.19. The first-order chi connectivity index (χ1) is 13.8. The number of aliphatic hydroxyl groups excluding tert-OH is 1. The Labute approximate surface area is 172 Å². The van der Waals surface area contributed by atoms with Gasteiger partial charge < -0.3 is 10.0 Å². The Hall–Kier alpha value is -2.71. The number of likely N-dealkylation sites (tertiary alicyclic amines) is 1. The van der Waals surface area contributed by atoms with Gasteiger partial charge in [-0.2, -0.15) is 0 Å². The molecule has 29 heavy (non-hydrogen) atoms. The van der Waals surface area contributed by atoms with Gasteiger partial charge in [0.15, 0.2) is 9.84 Å². The van der Waals surface area contributed by atoms with Crippen LogP contribution in [0, 0.1) is 0 Å². The van der Waals surface area contributed by atoms with Crippen molar-refractivity contribution in [1.29, 1.82) is 0 Å². The smallest absolute Gasteiger partial charge is 0.295 e. The molecule has 2 aliphatic heterocycles. The van der Waals surface area contributed by atoms with Crippen molar-refractivity contribution in [3.63, 3.8) is 0 Å². The van der Waals surface area contributed by atoms with Crippen LogP contribution in [0.25, 0.3) is 5.76 Å². The molecule has 0 saturated carbocycles. The van der Waals surface area contributed by atoms with E-state index >= 15 is 0 Å². The third kappa shape index (κ3) is 3.54. The number of sulfone groups is 1. The molecule has 0 radical (unpaired) electrons. The predicted molar refractivity (Wildman–Crippen MR) is 107 cm³/mol. The van der Waals surface area contributed by atoms with Crippen molar-refractivity contribution in [2.45, 2.75) is 18.5 Å². The number of aromatic nitrogens is 1. The van der Waals surface area contributed by atoms with Crippen LogP contribution in [0.5, 0.6) is 0 Å². The molecule has 1 aromatic carbocycles. The van der Waals surface area contributed by atoms with E-state index in [0.29, 0.717) is 16.1 Å². The Kier molecular flexibility index (Phi) is 4.92. The van der Waals surface area contributed by atoms with E-state index in [1.54, 1.807) is 42.6 Å². The van der Waals surface area contributed by atoms with E-state index in [4.69, 9.17) is 11.6 Å². The highest BCUT2D eigenvalue weighted by molar-refractivity contribution is 7.91. The standard InChI is InChI=1S/C20H17ClN2O5S/c21-14-5-3-12(4-6-14)18(24)16-17(13-2-1-8-22-10-13)23(20(26)19(16)25)15-7-9-29(27,28)11-15/h1-6,8,10,15,17,24H,7,9,11H2/t15-,17-/m1/s1. The second kappa shape index (κ2) is 7.27. The summed E-state index contributed by atoms with van der Waals surface area (Å²) in [5.74, 6) is -2.26. The number of nitrogens with zero attached hydrogens (tertiary/aromatic N) is 2. The van der Waals surface area contributed by atoms with E-state index in [1.807, 2.05) is 0 Å². The molecule has 0 spiro atoms. The number of hydrogen-bond donors (Lipinski definition) is 1. The van der Waals surface area contributed by atoms with E-state index in [2.05, 4.69) is 4.98 Å². The highest BCUT2D eigenvalue weighted by atomic mass is 35.5. The quantitative estimate of drug-likeness (QED) is 0.453. The molecule has 2 fully saturated rings. The van der Waals surface area contributed by atoms with Gasteiger partial charge in [-0.1, -0.05) is 17.7 Å². The van der Waals surface area contributed by atoms with Crippen LogP contribution in [0.3, 0.4) is 0 Å². The minimum atomic E-state index is -3.29. The fraction of sp³-hybridized carbons (Fsp3) is 0.250. The zero-order chi connectivity index (χ0) is 20.8. The van der Waals surface area contributed by atoms with Crippen molar-refractivity contribution in [2.75, 3.05) is 11.5 Å². The van der Waals surface area contributed by atoms with Gasteiger partial charge in [0.25, 0.3) is 11.7 Å². The van der Waals surface area contributed by atoms with Crippen molar-refractivity contribution in [2.24, 2.45) is 0 Å². The molecule has 2 atom stereocenters. The molecule has 1 amide bonds.